The lowest BCUT2D eigenvalue weighted by Crippen LogP contribution is -3.15. The number of carboxylic acid groups (broad SMARTS) is 1. The minimum atomic E-state index is -1.43. The molecule has 0 aromatic rings. The Kier molecular flexibility index (Phi) is 12.7. The van der Waals surface area contributed by atoms with Crippen molar-refractivity contribution in [3.8, 4) is 0 Å². The summed E-state index contributed by atoms with van der Waals surface area (Å²) in [4.78, 5) is 25.2. The van der Waals surface area contributed by atoms with Crippen LogP contribution in [0.3, 0.4) is 0 Å². The minimum absolute atomic E-state index is 0.0780. The molecule has 41 heavy (non-hydrogen) atoms. The molecule has 0 radical (unpaired) electrons. The van der Waals surface area contributed by atoms with Crippen molar-refractivity contribution in [1.82, 2.24) is 0 Å². The zero-order valence-corrected chi connectivity index (χ0v) is 23.4. The normalized spacial score (nSPS) is 37.7. The summed E-state index contributed by atoms with van der Waals surface area (Å²) in [5.41, 5.74) is 0.182. The van der Waals surface area contributed by atoms with Gasteiger partial charge in [-0.3, -0.25) is 0 Å². The molecule has 11 unspecified atom stereocenters. The molecule has 3 rings (SSSR count). The number of hydrogen-bond acceptors (Lipinski definition) is 12. The van der Waals surface area contributed by atoms with Crippen LogP contribution in [0.4, 0.5) is 0 Å². The molecule has 0 aliphatic carbocycles. The van der Waals surface area contributed by atoms with E-state index in [2.05, 4.69) is 6.58 Å². The zero-order valence-electron chi connectivity index (χ0n) is 23.4. The van der Waals surface area contributed by atoms with Crippen LogP contribution in [-0.2, 0) is 33.3 Å². The van der Waals surface area contributed by atoms with Crippen molar-refractivity contribution in [3.63, 3.8) is 0 Å². The number of carbonyl (C=O) groups is 2. The Morgan fingerprint density at radius 1 is 1.22 bits per heavy atom. The van der Waals surface area contributed by atoms with Gasteiger partial charge in [0.2, 0.25) is 6.29 Å². The van der Waals surface area contributed by atoms with Gasteiger partial charge in [-0.15, -0.1) is 6.58 Å². The largest absolute Gasteiger partial charge is 0.550 e. The molecule has 0 aromatic carbocycles. The average Bonchev–Trinajstić information content (AvgIpc) is 2.97. The number of aliphatic carboxylic acids is 1. The second kappa shape index (κ2) is 15.7. The second-order valence-electron chi connectivity index (χ2n) is 10.5. The highest BCUT2D eigenvalue weighted by molar-refractivity contribution is 5.89. The Balaban J connectivity index is 1.87. The number of nitrogens with two attached hydrogens (primary N) is 1. The van der Waals surface area contributed by atoms with Gasteiger partial charge >= 0.3 is 5.97 Å². The van der Waals surface area contributed by atoms with Crippen molar-refractivity contribution in [2.75, 3.05) is 53.7 Å². The predicted molar refractivity (Wildman–Crippen MR) is 137 cm³/mol. The number of methoxy groups -OCH3 is 1. The van der Waals surface area contributed by atoms with Gasteiger partial charge in [0.25, 0.3) is 0 Å². The maximum absolute atomic E-state index is 12.7. The van der Waals surface area contributed by atoms with Crippen molar-refractivity contribution >= 4 is 11.9 Å². The number of allylic oxidation sites excluding steroid dienone is 1. The Morgan fingerprint density at radius 3 is 2.59 bits per heavy atom. The number of hydrogen-bond donors (Lipinski definition) is 6. The second-order valence-corrected chi connectivity index (χ2v) is 10.5. The first-order valence-electron chi connectivity index (χ1n) is 13.8. The fourth-order valence-electron chi connectivity index (χ4n) is 5.58. The number of aliphatic hydroxyl groups excluding tert-OH is 4. The topological polar surface area (TPSA) is 205 Å². The summed E-state index contributed by atoms with van der Waals surface area (Å²) in [7, 11) is 2.99. The molecule has 14 heteroatoms. The molecule has 0 bridgehead atoms. The first kappa shape index (κ1) is 33.1. The molecule has 0 amide bonds. The summed E-state index contributed by atoms with van der Waals surface area (Å²) >= 11 is 0. The van der Waals surface area contributed by atoms with E-state index in [0.29, 0.717) is 26.1 Å². The van der Waals surface area contributed by atoms with E-state index in [0.717, 1.165) is 4.90 Å². The summed E-state index contributed by atoms with van der Waals surface area (Å²) in [6.45, 7) is 4.71. The smallest absolute Gasteiger partial charge is 0.337 e. The lowest BCUT2D eigenvalue weighted by atomic mass is 9.81. The first-order chi connectivity index (χ1) is 19.7. The minimum Gasteiger partial charge on any atom is -0.550 e. The van der Waals surface area contributed by atoms with E-state index in [1.54, 1.807) is 18.4 Å². The van der Waals surface area contributed by atoms with E-state index in [1.165, 1.54) is 19.4 Å². The summed E-state index contributed by atoms with van der Waals surface area (Å²) in [6.07, 6.45) is -0.745. The monoisotopic (exact) mass is 587 g/mol. The third-order valence-corrected chi connectivity index (χ3v) is 7.72. The molecule has 11 atom stereocenters. The van der Waals surface area contributed by atoms with Gasteiger partial charge in [0.1, 0.15) is 31.0 Å². The van der Waals surface area contributed by atoms with Crippen molar-refractivity contribution < 1.29 is 69.0 Å². The molecule has 2 fully saturated rings. The van der Waals surface area contributed by atoms with Gasteiger partial charge in [-0.2, -0.15) is 0 Å². The van der Waals surface area contributed by atoms with Gasteiger partial charge in [-0.1, -0.05) is 18.2 Å². The van der Waals surface area contributed by atoms with Crippen LogP contribution in [0.15, 0.2) is 36.6 Å². The van der Waals surface area contributed by atoms with E-state index in [1.807, 2.05) is 6.08 Å². The Hall–Kier alpha value is -2.40. The van der Waals surface area contributed by atoms with Crippen molar-refractivity contribution in [3.05, 3.63) is 36.6 Å². The lowest BCUT2D eigenvalue weighted by molar-refractivity contribution is -0.911. The van der Waals surface area contributed by atoms with Crippen LogP contribution in [-0.4, -0.2) is 123 Å². The number of esters is 1. The molecule has 3 heterocycles. The third-order valence-electron chi connectivity index (χ3n) is 7.72. The zero-order chi connectivity index (χ0) is 30.1. The summed E-state index contributed by atoms with van der Waals surface area (Å²) in [5.74, 6) is -3.97. The van der Waals surface area contributed by atoms with Crippen molar-refractivity contribution in [1.29, 1.82) is 0 Å². The first-order valence-corrected chi connectivity index (χ1v) is 13.8. The summed E-state index contributed by atoms with van der Waals surface area (Å²) in [6, 6.07) is 0. The van der Waals surface area contributed by atoms with Crippen LogP contribution < -0.4 is 15.3 Å². The van der Waals surface area contributed by atoms with Gasteiger partial charge in [-0.05, 0) is 6.42 Å². The van der Waals surface area contributed by atoms with Crippen LogP contribution in [0, 0.1) is 23.7 Å². The van der Waals surface area contributed by atoms with Crippen LogP contribution in [0.1, 0.15) is 6.42 Å². The summed E-state index contributed by atoms with van der Waals surface area (Å²) in [5, 5.41) is 53.4. The highest BCUT2D eigenvalue weighted by atomic mass is 16.8. The number of rotatable bonds is 13. The quantitative estimate of drug-likeness (QED) is 0.0679. The molecule has 3 aliphatic rings. The van der Waals surface area contributed by atoms with Crippen molar-refractivity contribution in [2.45, 2.75) is 43.4 Å². The van der Waals surface area contributed by atoms with Gasteiger partial charge < -0.3 is 64.2 Å². The van der Waals surface area contributed by atoms with E-state index in [4.69, 9.17) is 23.7 Å². The molecule has 0 spiro atoms. The molecule has 0 saturated carbocycles. The number of aliphatic hydroxyl groups is 4. The van der Waals surface area contributed by atoms with E-state index < -0.39 is 73.3 Å². The van der Waals surface area contributed by atoms with Gasteiger partial charge in [0.05, 0.1) is 64.2 Å². The number of piperidine rings is 1. The molecule has 2 saturated heterocycles. The Labute approximate surface area is 238 Å². The number of quaternary nitrogens is 2. The molecule has 3 aliphatic heterocycles. The van der Waals surface area contributed by atoms with Gasteiger partial charge in [-0.25, -0.2) is 4.79 Å². The number of ether oxygens (including phenoxy) is 5. The lowest BCUT2D eigenvalue weighted by Gasteiger charge is -2.44. The van der Waals surface area contributed by atoms with Crippen LogP contribution in [0.2, 0.25) is 0 Å². The molecule has 232 valence electrons. The van der Waals surface area contributed by atoms with Crippen molar-refractivity contribution in [2.24, 2.45) is 23.7 Å². The van der Waals surface area contributed by atoms with E-state index in [-0.39, 0.29) is 24.8 Å². The maximum atomic E-state index is 12.7. The number of likely N-dealkylation sites (tertiary alicyclic amines) is 1. The van der Waals surface area contributed by atoms with Crippen LogP contribution in [0.25, 0.3) is 0 Å². The van der Waals surface area contributed by atoms with Crippen LogP contribution >= 0.6 is 0 Å². The maximum Gasteiger partial charge on any atom is 0.337 e. The van der Waals surface area contributed by atoms with Gasteiger partial charge in [0, 0.05) is 17.8 Å². The average molecular weight is 588 g/mol. The number of carboxylic acids is 1. The standard InChI is InChI=1S/C27H42N2O12/c1-4-17-18(6-5-15-9-16(24(34)35)11-29(10-15)7-8-30)19(25(36)37-3)13-38-26(17)41-27-23(39-14-28-2)22(33)21(32)20(12-31)40-27/h4-6,13,15-18,20-23,26-28,30-33H,1,7-12,14H2,2-3H3,(H,34,35)/p+1. The SMILES string of the molecule is C=CC1C(OC2OC(CO)C(O)C(O)C2OC[NH2+]C)OC=C(C(=O)OC)C1C=CC1CC(C(=O)[O-])C[NH+](CCO)C1. The van der Waals surface area contributed by atoms with Crippen LogP contribution in [0.5, 0.6) is 0 Å². The van der Waals surface area contributed by atoms with E-state index >= 15 is 0 Å². The molecule has 0 aromatic heterocycles. The fourth-order valence-corrected chi connectivity index (χ4v) is 5.58. The Bertz CT molecular complexity index is 945. The van der Waals surface area contributed by atoms with E-state index in [9.17, 15) is 35.1 Å². The predicted octanol–water partition coefficient (Wildman–Crippen LogP) is -5.37. The molecular weight excluding hydrogens is 544 g/mol. The van der Waals surface area contributed by atoms with Gasteiger partial charge in [0.15, 0.2) is 13.0 Å². The fraction of sp³-hybridized carbons (Fsp3) is 0.704. The highest BCUT2D eigenvalue weighted by Gasteiger charge is 2.49. The highest BCUT2D eigenvalue weighted by Crippen LogP contribution is 2.37. The number of carbonyl (C=O) groups excluding carboxylic acids is 2. The Morgan fingerprint density at radius 2 is 1.98 bits per heavy atom. The third kappa shape index (κ3) is 8.12. The molecule has 14 nitrogen and oxygen atoms in total. The number of nitrogens with one attached hydrogen (secondary N) is 1. The summed E-state index contributed by atoms with van der Waals surface area (Å²) < 4.78 is 28.2. The molecule has 7 N–H and O–H groups in total. The molecular formula is C27H43N2O12+.